The van der Waals surface area contributed by atoms with Gasteiger partial charge in [0.1, 0.15) is 11.5 Å². The molecule has 0 bridgehead atoms. The molecular formula is C24H24ClNO2. The maximum absolute atomic E-state index is 12.2. The molecular weight excluding hydrogens is 370 g/mol. The average molecular weight is 394 g/mol. The van der Waals surface area contributed by atoms with Crippen molar-refractivity contribution < 1.29 is 9.21 Å². The van der Waals surface area contributed by atoms with Crippen molar-refractivity contribution in [1.29, 1.82) is 0 Å². The molecule has 0 unspecified atom stereocenters. The van der Waals surface area contributed by atoms with Crippen molar-refractivity contribution >= 4 is 29.3 Å². The predicted octanol–water partition coefficient (Wildman–Crippen LogP) is 7.07. The Morgan fingerprint density at radius 2 is 1.89 bits per heavy atom. The molecule has 3 aromatic rings. The van der Waals surface area contributed by atoms with Crippen molar-refractivity contribution in [2.24, 2.45) is 0 Å². The summed E-state index contributed by atoms with van der Waals surface area (Å²) in [6.45, 7) is 6.32. The van der Waals surface area contributed by atoms with Gasteiger partial charge in [-0.2, -0.15) is 0 Å². The lowest BCUT2D eigenvalue weighted by atomic mass is 9.99. The number of amides is 1. The van der Waals surface area contributed by atoms with Gasteiger partial charge in [0.2, 0.25) is 5.91 Å². The molecule has 1 atom stereocenters. The van der Waals surface area contributed by atoms with E-state index in [-0.39, 0.29) is 5.91 Å². The minimum absolute atomic E-state index is 0.201. The van der Waals surface area contributed by atoms with Gasteiger partial charge in [0.15, 0.2) is 0 Å². The number of hydrogen-bond donors (Lipinski definition) is 1. The minimum atomic E-state index is -0.201. The summed E-state index contributed by atoms with van der Waals surface area (Å²) in [4.78, 5) is 12.2. The second-order valence-electron chi connectivity index (χ2n) is 6.92. The molecule has 2 aromatic carbocycles. The minimum Gasteiger partial charge on any atom is -0.457 e. The van der Waals surface area contributed by atoms with Crippen LogP contribution in [0.3, 0.4) is 0 Å². The molecule has 0 aliphatic carbocycles. The highest BCUT2D eigenvalue weighted by Gasteiger charge is 2.06. The molecule has 4 heteroatoms. The number of rotatable bonds is 6. The van der Waals surface area contributed by atoms with E-state index >= 15 is 0 Å². The van der Waals surface area contributed by atoms with E-state index in [4.69, 9.17) is 16.0 Å². The average Bonchev–Trinajstić information content (AvgIpc) is 3.17. The fourth-order valence-electron chi connectivity index (χ4n) is 2.82. The van der Waals surface area contributed by atoms with E-state index in [9.17, 15) is 4.79 Å². The normalized spacial score (nSPS) is 12.3. The van der Waals surface area contributed by atoms with Gasteiger partial charge in [-0.05, 0) is 66.8 Å². The third kappa shape index (κ3) is 4.93. The van der Waals surface area contributed by atoms with Crippen LogP contribution in [0.15, 0.2) is 65.1 Å². The summed E-state index contributed by atoms with van der Waals surface area (Å²) >= 11 is 6.18. The highest BCUT2D eigenvalue weighted by atomic mass is 35.5. The maximum Gasteiger partial charge on any atom is 0.248 e. The fourth-order valence-corrected chi connectivity index (χ4v) is 3.00. The zero-order chi connectivity index (χ0) is 20.1. The van der Waals surface area contributed by atoms with E-state index in [2.05, 4.69) is 31.3 Å². The van der Waals surface area contributed by atoms with Crippen LogP contribution in [0.5, 0.6) is 0 Å². The molecule has 3 nitrogen and oxygen atoms in total. The topological polar surface area (TPSA) is 42.2 Å². The summed E-state index contributed by atoms with van der Waals surface area (Å²) in [6.07, 6.45) is 4.21. The van der Waals surface area contributed by atoms with Crippen LogP contribution < -0.4 is 5.32 Å². The Kier molecular flexibility index (Phi) is 6.37. The van der Waals surface area contributed by atoms with Crippen molar-refractivity contribution in [3.63, 3.8) is 0 Å². The molecule has 0 radical (unpaired) electrons. The molecule has 1 heterocycles. The number of carbonyl (C=O) groups excluding carboxylic acids is 1. The summed E-state index contributed by atoms with van der Waals surface area (Å²) in [6, 6.07) is 17.5. The number of aryl methyl sites for hydroxylation is 1. The van der Waals surface area contributed by atoms with Gasteiger partial charge in [-0.25, -0.2) is 0 Å². The second-order valence-corrected chi connectivity index (χ2v) is 7.33. The van der Waals surface area contributed by atoms with Crippen LogP contribution in [-0.4, -0.2) is 5.91 Å². The lowest BCUT2D eigenvalue weighted by Crippen LogP contribution is -2.07. The van der Waals surface area contributed by atoms with Gasteiger partial charge in [-0.1, -0.05) is 49.7 Å². The first-order chi connectivity index (χ1) is 13.5. The smallest absolute Gasteiger partial charge is 0.248 e. The van der Waals surface area contributed by atoms with Gasteiger partial charge >= 0.3 is 0 Å². The molecule has 1 aromatic heterocycles. The molecule has 3 rings (SSSR count). The van der Waals surface area contributed by atoms with Gasteiger partial charge in [0, 0.05) is 22.3 Å². The summed E-state index contributed by atoms with van der Waals surface area (Å²) in [5.74, 6) is 1.63. The van der Waals surface area contributed by atoms with E-state index in [1.165, 1.54) is 11.6 Å². The Balaban J connectivity index is 1.63. The van der Waals surface area contributed by atoms with Crippen LogP contribution in [-0.2, 0) is 4.79 Å². The number of furan rings is 1. The zero-order valence-electron chi connectivity index (χ0n) is 16.3. The maximum atomic E-state index is 12.2. The standard InChI is InChI=1S/C24H24ClNO2/c1-4-16(2)18-7-9-20(10-8-18)26-24(27)14-12-21-11-13-23(28-21)19-6-5-17(3)22(25)15-19/h5-16H,4H2,1-3H3,(H,26,27)/b14-12+/t16-/m0/s1. The number of carbonyl (C=O) groups is 1. The molecule has 144 valence electrons. The highest BCUT2D eigenvalue weighted by Crippen LogP contribution is 2.27. The number of anilines is 1. The first-order valence-corrected chi connectivity index (χ1v) is 9.79. The van der Waals surface area contributed by atoms with Gasteiger partial charge in [0.05, 0.1) is 0 Å². The van der Waals surface area contributed by atoms with Crippen molar-refractivity contribution in [2.75, 3.05) is 5.32 Å². The Labute approximate surface area is 171 Å². The van der Waals surface area contributed by atoms with Gasteiger partial charge in [0.25, 0.3) is 0 Å². The van der Waals surface area contributed by atoms with Crippen molar-refractivity contribution in [1.82, 2.24) is 0 Å². The van der Waals surface area contributed by atoms with Crippen molar-refractivity contribution in [3.8, 4) is 11.3 Å². The molecule has 28 heavy (non-hydrogen) atoms. The Morgan fingerprint density at radius 3 is 2.57 bits per heavy atom. The van der Waals surface area contributed by atoms with E-state index in [0.29, 0.717) is 22.5 Å². The van der Waals surface area contributed by atoms with Gasteiger partial charge < -0.3 is 9.73 Å². The number of nitrogens with one attached hydrogen (secondary N) is 1. The van der Waals surface area contributed by atoms with E-state index < -0.39 is 0 Å². The van der Waals surface area contributed by atoms with Crippen LogP contribution in [0.1, 0.15) is 43.1 Å². The predicted molar refractivity (Wildman–Crippen MR) is 117 cm³/mol. The molecule has 0 saturated carbocycles. The number of benzene rings is 2. The fraction of sp³-hybridized carbons (Fsp3) is 0.208. The quantitative estimate of drug-likeness (QED) is 0.455. The molecule has 0 fully saturated rings. The SMILES string of the molecule is CC[C@H](C)c1ccc(NC(=O)/C=C/c2ccc(-c3ccc(C)c(Cl)c3)o2)cc1. The molecule has 1 amide bonds. The molecule has 0 saturated heterocycles. The third-order valence-electron chi connectivity index (χ3n) is 4.84. The molecule has 0 spiro atoms. The van der Waals surface area contributed by atoms with E-state index in [0.717, 1.165) is 23.2 Å². The Bertz CT molecular complexity index is 986. The second kappa shape index (κ2) is 8.94. The Hall–Kier alpha value is -2.78. The molecule has 0 aliphatic heterocycles. The van der Waals surface area contributed by atoms with Crippen LogP contribution >= 0.6 is 11.6 Å². The largest absolute Gasteiger partial charge is 0.457 e. The molecule has 1 N–H and O–H groups in total. The zero-order valence-corrected chi connectivity index (χ0v) is 17.1. The van der Waals surface area contributed by atoms with Crippen molar-refractivity contribution in [3.05, 3.63) is 82.6 Å². The summed E-state index contributed by atoms with van der Waals surface area (Å²) in [5.41, 5.74) is 3.97. The van der Waals surface area contributed by atoms with E-state index in [1.807, 2.05) is 49.4 Å². The first kappa shape index (κ1) is 20.0. The van der Waals surface area contributed by atoms with Gasteiger partial charge in [-0.3, -0.25) is 4.79 Å². The lowest BCUT2D eigenvalue weighted by molar-refractivity contribution is -0.111. The van der Waals surface area contributed by atoms with Crippen molar-refractivity contribution in [2.45, 2.75) is 33.1 Å². The highest BCUT2D eigenvalue weighted by molar-refractivity contribution is 6.31. The summed E-state index contributed by atoms with van der Waals surface area (Å²) in [5, 5.41) is 3.56. The van der Waals surface area contributed by atoms with Crippen LogP contribution in [0, 0.1) is 6.92 Å². The summed E-state index contributed by atoms with van der Waals surface area (Å²) < 4.78 is 5.79. The van der Waals surface area contributed by atoms with Crippen LogP contribution in [0.4, 0.5) is 5.69 Å². The number of hydrogen-bond acceptors (Lipinski definition) is 2. The molecule has 0 aliphatic rings. The first-order valence-electron chi connectivity index (χ1n) is 9.41. The third-order valence-corrected chi connectivity index (χ3v) is 5.25. The van der Waals surface area contributed by atoms with Crippen LogP contribution in [0.2, 0.25) is 5.02 Å². The monoisotopic (exact) mass is 393 g/mol. The Morgan fingerprint density at radius 1 is 1.14 bits per heavy atom. The van der Waals surface area contributed by atoms with Gasteiger partial charge in [-0.15, -0.1) is 0 Å². The lowest BCUT2D eigenvalue weighted by Gasteiger charge is -2.09. The summed E-state index contributed by atoms with van der Waals surface area (Å²) in [7, 11) is 0. The van der Waals surface area contributed by atoms with E-state index in [1.54, 1.807) is 6.08 Å². The van der Waals surface area contributed by atoms with Crippen LogP contribution in [0.25, 0.3) is 17.4 Å². The number of halogens is 1.